The molecule has 0 fully saturated rings. The number of benzene rings is 3. The molecule has 0 bridgehead atoms. The standard InChI is InChI=1S/C23H15BrClN3O/c24-19-10-6-16(7-11-19)14-21-23(29)28(22(27-21)18-4-2-1-3-5-18)26-15-17-8-12-20(25)13-9-17/h1-15H/b21-14-,26-15+. The molecule has 4 nitrogen and oxygen atoms in total. The Balaban J connectivity index is 1.71. The van der Waals surface area contributed by atoms with Gasteiger partial charge in [0.15, 0.2) is 5.84 Å². The van der Waals surface area contributed by atoms with Gasteiger partial charge >= 0.3 is 0 Å². The van der Waals surface area contributed by atoms with E-state index in [4.69, 9.17) is 11.6 Å². The minimum atomic E-state index is -0.281. The second-order valence-electron chi connectivity index (χ2n) is 6.30. The van der Waals surface area contributed by atoms with Crippen LogP contribution in [0.2, 0.25) is 5.02 Å². The Bertz CT molecular complexity index is 1120. The number of amides is 1. The van der Waals surface area contributed by atoms with Gasteiger partial charge in [-0.25, -0.2) is 4.99 Å². The molecule has 0 aliphatic carbocycles. The van der Waals surface area contributed by atoms with E-state index >= 15 is 0 Å². The molecule has 3 aromatic rings. The lowest BCUT2D eigenvalue weighted by atomic mass is 10.2. The lowest BCUT2D eigenvalue weighted by Gasteiger charge is -2.11. The van der Waals surface area contributed by atoms with Crippen molar-refractivity contribution in [1.29, 1.82) is 0 Å². The van der Waals surface area contributed by atoms with E-state index in [-0.39, 0.29) is 5.91 Å². The molecule has 0 aromatic heterocycles. The second kappa shape index (κ2) is 8.55. The monoisotopic (exact) mass is 463 g/mol. The van der Waals surface area contributed by atoms with Crippen LogP contribution < -0.4 is 0 Å². The zero-order valence-electron chi connectivity index (χ0n) is 15.2. The minimum Gasteiger partial charge on any atom is -0.265 e. The molecule has 0 atom stereocenters. The first-order valence-electron chi connectivity index (χ1n) is 8.85. The van der Waals surface area contributed by atoms with Crippen LogP contribution >= 0.6 is 27.5 Å². The van der Waals surface area contributed by atoms with E-state index in [9.17, 15) is 4.79 Å². The maximum absolute atomic E-state index is 13.0. The molecule has 0 spiro atoms. The molecule has 29 heavy (non-hydrogen) atoms. The third kappa shape index (κ3) is 4.53. The van der Waals surface area contributed by atoms with Crippen LogP contribution in [0.5, 0.6) is 0 Å². The van der Waals surface area contributed by atoms with Gasteiger partial charge in [0.25, 0.3) is 5.91 Å². The Hall–Kier alpha value is -3.02. The Labute approximate surface area is 182 Å². The molecule has 1 aliphatic rings. The van der Waals surface area contributed by atoms with Crippen LogP contribution in [-0.2, 0) is 4.79 Å². The average molecular weight is 465 g/mol. The predicted molar refractivity (Wildman–Crippen MR) is 121 cm³/mol. The topological polar surface area (TPSA) is 45.0 Å². The second-order valence-corrected chi connectivity index (χ2v) is 7.65. The number of hydrazone groups is 1. The highest BCUT2D eigenvalue weighted by Crippen LogP contribution is 2.23. The van der Waals surface area contributed by atoms with Crippen molar-refractivity contribution in [3.63, 3.8) is 0 Å². The fourth-order valence-corrected chi connectivity index (χ4v) is 3.17. The Morgan fingerprint density at radius 1 is 0.897 bits per heavy atom. The Morgan fingerprint density at radius 2 is 1.55 bits per heavy atom. The van der Waals surface area contributed by atoms with Gasteiger partial charge < -0.3 is 0 Å². The lowest BCUT2D eigenvalue weighted by Crippen LogP contribution is -2.27. The molecule has 142 valence electrons. The van der Waals surface area contributed by atoms with Crippen molar-refractivity contribution in [3.05, 3.63) is 111 Å². The quantitative estimate of drug-likeness (QED) is 0.357. The summed E-state index contributed by atoms with van der Waals surface area (Å²) in [4.78, 5) is 17.6. The van der Waals surface area contributed by atoms with Crippen LogP contribution in [0.25, 0.3) is 6.08 Å². The lowest BCUT2D eigenvalue weighted by molar-refractivity contribution is -0.122. The molecule has 0 radical (unpaired) electrons. The maximum atomic E-state index is 13.0. The molecule has 0 saturated carbocycles. The van der Waals surface area contributed by atoms with Gasteiger partial charge in [-0.2, -0.15) is 10.1 Å². The smallest absolute Gasteiger partial charge is 0.265 e. The highest BCUT2D eigenvalue weighted by atomic mass is 79.9. The van der Waals surface area contributed by atoms with Crippen LogP contribution in [0, 0.1) is 0 Å². The van der Waals surface area contributed by atoms with Gasteiger partial charge in [-0.05, 0) is 41.5 Å². The van der Waals surface area contributed by atoms with Crippen molar-refractivity contribution in [2.75, 3.05) is 0 Å². The van der Waals surface area contributed by atoms with Crippen LogP contribution in [0.15, 0.2) is 99.1 Å². The van der Waals surface area contributed by atoms with Crippen molar-refractivity contribution in [1.82, 2.24) is 5.01 Å². The molecule has 4 rings (SSSR count). The van der Waals surface area contributed by atoms with Gasteiger partial charge in [0, 0.05) is 15.1 Å². The Morgan fingerprint density at radius 3 is 2.24 bits per heavy atom. The highest BCUT2D eigenvalue weighted by molar-refractivity contribution is 9.10. The number of hydrogen-bond donors (Lipinski definition) is 0. The number of nitrogens with zero attached hydrogens (tertiary/aromatic N) is 3. The van der Waals surface area contributed by atoms with E-state index < -0.39 is 0 Å². The van der Waals surface area contributed by atoms with Gasteiger partial charge in [0.05, 0.1) is 6.21 Å². The molecule has 1 heterocycles. The predicted octanol–water partition coefficient (Wildman–Crippen LogP) is 5.77. The van der Waals surface area contributed by atoms with E-state index in [1.165, 1.54) is 5.01 Å². The molecular weight excluding hydrogens is 450 g/mol. The van der Waals surface area contributed by atoms with E-state index in [1.54, 1.807) is 24.4 Å². The van der Waals surface area contributed by atoms with Crippen molar-refractivity contribution in [2.24, 2.45) is 10.1 Å². The largest absolute Gasteiger partial charge is 0.298 e. The van der Waals surface area contributed by atoms with E-state index in [1.807, 2.05) is 66.7 Å². The molecule has 0 unspecified atom stereocenters. The summed E-state index contributed by atoms with van der Waals surface area (Å²) in [6.07, 6.45) is 3.38. The van der Waals surface area contributed by atoms with Crippen molar-refractivity contribution in [2.45, 2.75) is 0 Å². The molecule has 0 saturated heterocycles. The first kappa shape index (κ1) is 19.3. The van der Waals surface area contributed by atoms with Gasteiger partial charge in [-0.3, -0.25) is 4.79 Å². The zero-order valence-corrected chi connectivity index (χ0v) is 17.5. The van der Waals surface area contributed by atoms with E-state index in [0.717, 1.165) is 21.2 Å². The number of halogens is 2. The summed E-state index contributed by atoms with van der Waals surface area (Å²) in [6.45, 7) is 0. The Kier molecular flexibility index (Phi) is 5.69. The van der Waals surface area contributed by atoms with Crippen LogP contribution in [0.4, 0.5) is 0 Å². The highest BCUT2D eigenvalue weighted by Gasteiger charge is 2.31. The number of carbonyl (C=O) groups is 1. The third-order valence-corrected chi connectivity index (χ3v) is 5.02. The number of aliphatic imine (C=N–C) groups is 1. The molecule has 3 aromatic carbocycles. The van der Waals surface area contributed by atoms with E-state index in [2.05, 4.69) is 26.0 Å². The van der Waals surface area contributed by atoms with Gasteiger partial charge in [-0.15, -0.1) is 0 Å². The molecular formula is C23H15BrClN3O. The van der Waals surface area contributed by atoms with Crippen LogP contribution in [-0.4, -0.2) is 23.0 Å². The SMILES string of the molecule is O=C1/C(=C/c2ccc(Br)cc2)N=C(c2ccccc2)N1/N=C/c1ccc(Cl)cc1. The van der Waals surface area contributed by atoms with Crippen molar-refractivity contribution in [3.8, 4) is 0 Å². The summed E-state index contributed by atoms with van der Waals surface area (Å²) >= 11 is 9.35. The maximum Gasteiger partial charge on any atom is 0.298 e. The fourth-order valence-electron chi connectivity index (χ4n) is 2.78. The zero-order chi connectivity index (χ0) is 20.2. The molecule has 1 amide bonds. The number of amidine groups is 1. The summed E-state index contributed by atoms with van der Waals surface area (Å²) in [7, 11) is 0. The normalized spacial score (nSPS) is 15.4. The summed E-state index contributed by atoms with van der Waals surface area (Å²) in [5.74, 6) is 0.209. The molecule has 6 heteroatoms. The van der Waals surface area contributed by atoms with Crippen LogP contribution in [0.3, 0.4) is 0 Å². The molecule has 1 aliphatic heterocycles. The first-order valence-corrected chi connectivity index (χ1v) is 10.0. The van der Waals surface area contributed by atoms with Crippen molar-refractivity contribution >= 4 is 51.6 Å². The molecule has 0 N–H and O–H groups in total. The van der Waals surface area contributed by atoms with Crippen molar-refractivity contribution < 1.29 is 4.79 Å². The number of rotatable bonds is 4. The number of carbonyl (C=O) groups excluding carboxylic acids is 1. The fraction of sp³-hybridized carbons (Fsp3) is 0. The van der Waals surface area contributed by atoms with Gasteiger partial charge in [0.2, 0.25) is 0 Å². The van der Waals surface area contributed by atoms with Gasteiger partial charge in [0.1, 0.15) is 5.70 Å². The third-order valence-electron chi connectivity index (χ3n) is 4.24. The average Bonchev–Trinajstić information content (AvgIpc) is 3.05. The summed E-state index contributed by atoms with van der Waals surface area (Å²) < 4.78 is 0.972. The van der Waals surface area contributed by atoms with Crippen LogP contribution in [0.1, 0.15) is 16.7 Å². The van der Waals surface area contributed by atoms with Gasteiger partial charge in [-0.1, -0.05) is 82.1 Å². The summed E-state index contributed by atoms with van der Waals surface area (Å²) in [5, 5.41) is 6.38. The first-order chi connectivity index (χ1) is 14.1. The summed E-state index contributed by atoms with van der Waals surface area (Å²) in [6, 6.07) is 24.4. The number of hydrogen-bond acceptors (Lipinski definition) is 3. The minimum absolute atomic E-state index is 0.281. The summed E-state index contributed by atoms with van der Waals surface area (Å²) in [5.41, 5.74) is 2.86. The van der Waals surface area contributed by atoms with E-state index in [0.29, 0.717) is 16.6 Å².